The van der Waals surface area contributed by atoms with E-state index in [4.69, 9.17) is 0 Å². The third-order valence-electron chi connectivity index (χ3n) is 5.00. The molecule has 0 radical (unpaired) electrons. The van der Waals surface area contributed by atoms with Crippen LogP contribution in [0.2, 0.25) is 0 Å². The summed E-state index contributed by atoms with van der Waals surface area (Å²) in [6, 6.07) is 1.60. The summed E-state index contributed by atoms with van der Waals surface area (Å²) in [6.07, 6.45) is -0.691. The average molecular weight is 301 g/mol. The third kappa shape index (κ3) is 2.32. The first kappa shape index (κ1) is 14.4. The predicted molar refractivity (Wildman–Crippen MR) is 69.6 cm³/mol. The molecule has 0 N–H and O–H groups in total. The van der Waals surface area contributed by atoms with Gasteiger partial charge in [0.15, 0.2) is 0 Å². The van der Waals surface area contributed by atoms with Gasteiger partial charge in [-0.3, -0.25) is 9.48 Å². The number of piperidine rings is 1. The fourth-order valence-corrected chi connectivity index (χ4v) is 3.73. The lowest BCUT2D eigenvalue weighted by atomic mass is 9.58. The van der Waals surface area contributed by atoms with Crippen LogP contribution in [0.1, 0.15) is 36.2 Å². The van der Waals surface area contributed by atoms with Gasteiger partial charge in [0.1, 0.15) is 5.69 Å². The van der Waals surface area contributed by atoms with E-state index in [1.165, 1.54) is 10.9 Å². The van der Waals surface area contributed by atoms with Crippen LogP contribution in [0.15, 0.2) is 12.3 Å². The fraction of sp³-hybridized carbons (Fsp3) is 0.714. The molecule has 1 amide bonds. The number of nitrogens with zero attached hydrogens (tertiary/aromatic N) is 3. The zero-order chi connectivity index (χ0) is 15.3. The Kier molecular flexibility index (Phi) is 3.26. The lowest BCUT2D eigenvalue weighted by Crippen LogP contribution is -2.57. The van der Waals surface area contributed by atoms with Crippen molar-refractivity contribution in [2.75, 3.05) is 13.1 Å². The Hall–Kier alpha value is -1.53. The lowest BCUT2D eigenvalue weighted by Gasteiger charge is -2.54. The van der Waals surface area contributed by atoms with Crippen LogP contribution in [0.5, 0.6) is 0 Å². The van der Waals surface area contributed by atoms with Gasteiger partial charge < -0.3 is 4.90 Å². The second kappa shape index (κ2) is 4.74. The molecular weight excluding hydrogens is 283 g/mol. The van der Waals surface area contributed by atoms with Gasteiger partial charge in [-0.1, -0.05) is 6.42 Å². The van der Waals surface area contributed by atoms with Gasteiger partial charge in [-0.15, -0.1) is 0 Å². The van der Waals surface area contributed by atoms with Crippen LogP contribution >= 0.6 is 0 Å². The van der Waals surface area contributed by atoms with E-state index < -0.39 is 17.5 Å². The van der Waals surface area contributed by atoms with Crippen LogP contribution in [-0.4, -0.2) is 39.9 Å². The van der Waals surface area contributed by atoms with E-state index in [1.807, 2.05) is 0 Å². The molecule has 116 valence electrons. The second-order valence-corrected chi connectivity index (χ2v) is 6.17. The monoisotopic (exact) mass is 301 g/mol. The van der Waals surface area contributed by atoms with Crippen LogP contribution in [0, 0.1) is 11.3 Å². The van der Waals surface area contributed by atoms with E-state index in [-0.39, 0.29) is 25.4 Å². The molecule has 1 unspecified atom stereocenters. The quantitative estimate of drug-likeness (QED) is 0.799. The highest BCUT2D eigenvalue weighted by atomic mass is 19.4. The first-order valence-corrected chi connectivity index (χ1v) is 7.17. The number of hydrogen-bond donors (Lipinski definition) is 0. The summed E-state index contributed by atoms with van der Waals surface area (Å²) in [4.78, 5) is 14.0. The van der Waals surface area contributed by atoms with Crippen LogP contribution in [0.3, 0.4) is 0 Å². The Morgan fingerprint density at radius 2 is 2.14 bits per heavy atom. The number of aryl methyl sites for hydroxylation is 1. The van der Waals surface area contributed by atoms with Crippen molar-refractivity contribution < 1.29 is 18.0 Å². The van der Waals surface area contributed by atoms with E-state index in [2.05, 4.69) is 5.10 Å². The van der Waals surface area contributed by atoms with Crippen molar-refractivity contribution in [1.82, 2.24) is 14.7 Å². The number of aromatic nitrogens is 2. The number of carbonyl (C=O) groups is 1. The Balaban J connectivity index is 1.80. The summed E-state index contributed by atoms with van der Waals surface area (Å²) in [5.74, 6) is -1.49. The van der Waals surface area contributed by atoms with E-state index in [0.717, 1.165) is 6.42 Å². The minimum atomic E-state index is -4.16. The maximum Gasteiger partial charge on any atom is 0.392 e. The Morgan fingerprint density at radius 1 is 1.43 bits per heavy atom. The molecule has 4 nitrogen and oxygen atoms in total. The van der Waals surface area contributed by atoms with Crippen LogP contribution in [-0.2, 0) is 7.05 Å². The summed E-state index contributed by atoms with van der Waals surface area (Å²) < 4.78 is 41.1. The normalized spacial score (nSPS) is 25.0. The van der Waals surface area contributed by atoms with Gasteiger partial charge >= 0.3 is 6.18 Å². The first-order valence-electron chi connectivity index (χ1n) is 7.17. The Morgan fingerprint density at radius 3 is 2.62 bits per heavy atom. The summed E-state index contributed by atoms with van der Waals surface area (Å²) in [7, 11) is 1.66. The second-order valence-electron chi connectivity index (χ2n) is 6.17. The fourth-order valence-electron chi connectivity index (χ4n) is 3.73. The van der Waals surface area contributed by atoms with E-state index in [1.54, 1.807) is 18.0 Å². The van der Waals surface area contributed by atoms with Gasteiger partial charge in [0.05, 0.1) is 5.92 Å². The maximum absolute atomic E-state index is 13.2. The van der Waals surface area contributed by atoms with E-state index in [9.17, 15) is 18.0 Å². The zero-order valence-corrected chi connectivity index (χ0v) is 11.9. The molecule has 7 heteroatoms. The number of carbonyl (C=O) groups excluding carboxylic acids is 1. The van der Waals surface area contributed by atoms with Crippen molar-refractivity contribution in [2.24, 2.45) is 18.4 Å². The number of amides is 1. The van der Waals surface area contributed by atoms with Gasteiger partial charge in [0.25, 0.3) is 5.91 Å². The van der Waals surface area contributed by atoms with Crippen LogP contribution in [0.4, 0.5) is 13.2 Å². The van der Waals surface area contributed by atoms with Gasteiger partial charge in [-0.05, 0) is 30.7 Å². The maximum atomic E-state index is 13.2. The zero-order valence-electron chi connectivity index (χ0n) is 11.9. The molecule has 1 spiro atoms. The highest BCUT2D eigenvalue weighted by molar-refractivity contribution is 5.92. The van der Waals surface area contributed by atoms with Crippen LogP contribution < -0.4 is 0 Å². The minimum absolute atomic E-state index is 0.00704. The summed E-state index contributed by atoms with van der Waals surface area (Å²) >= 11 is 0. The number of likely N-dealkylation sites (tertiary alicyclic amines) is 1. The Labute approximate surface area is 120 Å². The molecule has 1 aliphatic carbocycles. The highest BCUT2D eigenvalue weighted by Crippen LogP contribution is 2.56. The van der Waals surface area contributed by atoms with Crippen LogP contribution in [0.25, 0.3) is 0 Å². The SMILES string of the molecule is Cn1nccc1C(=O)N1CCC(C(F)(F)F)C2(CCC2)C1. The molecule has 21 heavy (non-hydrogen) atoms. The number of halogens is 3. The molecule has 1 aliphatic heterocycles. The van der Waals surface area contributed by atoms with Gasteiger partial charge in [-0.2, -0.15) is 18.3 Å². The highest BCUT2D eigenvalue weighted by Gasteiger charge is 2.58. The van der Waals surface area contributed by atoms with Gasteiger partial charge in [-0.25, -0.2) is 0 Å². The molecule has 3 rings (SSSR count). The van der Waals surface area contributed by atoms with Crippen molar-refractivity contribution >= 4 is 5.91 Å². The smallest absolute Gasteiger partial charge is 0.337 e. The molecule has 0 bridgehead atoms. The molecule has 2 aliphatic rings. The van der Waals surface area contributed by atoms with Crippen molar-refractivity contribution in [3.05, 3.63) is 18.0 Å². The number of hydrogen-bond acceptors (Lipinski definition) is 2. The van der Waals surface area contributed by atoms with Crippen molar-refractivity contribution in [2.45, 2.75) is 31.9 Å². The van der Waals surface area contributed by atoms with E-state index >= 15 is 0 Å². The number of alkyl halides is 3. The lowest BCUT2D eigenvalue weighted by molar-refractivity contribution is -0.235. The molecule has 2 fully saturated rings. The number of rotatable bonds is 1. The molecule has 1 saturated carbocycles. The Bertz CT molecular complexity index is 548. The summed E-state index contributed by atoms with van der Waals surface area (Å²) in [5, 5.41) is 3.95. The molecule has 1 aromatic heterocycles. The van der Waals surface area contributed by atoms with E-state index in [0.29, 0.717) is 18.5 Å². The summed E-state index contributed by atoms with van der Waals surface area (Å²) in [5.41, 5.74) is -0.333. The molecule has 2 heterocycles. The van der Waals surface area contributed by atoms with Crippen molar-refractivity contribution in [3.63, 3.8) is 0 Å². The molecule has 1 aromatic rings. The van der Waals surface area contributed by atoms with Crippen molar-refractivity contribution in [3.8, 4) is 0 Å². The molecular formula is C14H18F3N3O. The molecule has 1 atom stereocenters. The summed E-state index contributed by atoms with van der Waals surface area (Å²) in [6.45, 7) is 0.372. The average Bonchev–Trinajstić information content (AvgIpc) is 2.80. The molecule has 1 saturated heterocycles. The van der Waals surface area contributed by atoms with Crippen molar-refractivity contribution in [1.29, 1.82) is 0 Å². The third-order valence-corrected chi connectivity index (χ3v) is 5.00. The minimum Gasteiger partial charge on any atom is -0.337 e. The van der Waals surface area contributed by atoms with Gasteiger partial charge in [0.2, 0.25) is 0 Å². The molecule has 0 aromatic carbocycles. The predicted octanol–water partition coefficient (Wildman–Crippen LogP) is 2.61. The standard InChI is InChI=1S/C14H18F3N3O/c1-19-10(3-7-18-19)12(21)20-8-4-11(14(15,16)17)13(9-20)5-2-6-13/h3,7,11H,2,4-6,8-9H2,1H3. The first-order chi connectivity index (χ1) is 9.83. The van der Waals surface area contributed by atoms with Gasteiger partial charge in [0, 0.05) is 26.3 Å². The largest absolute Gasteiger partial charge is 0.392 e. The topological polar surface area (TPSA) is 38.1 Å².